The molecule has 0 spiro atoms. The minimum atomic E-state index is -0.451. The molecule has 4 rings (SSSR count). The van der Waals surface area contributed by atoms with Crippen molar-refractivity contribution in [2.24, 2.45) is 0 Å². The molecular formula is C21H14N2O5S. The van der Waals surface area contributed by atoms with Crippen molar-refractivity contribution in [3.8, 4) is 11.3 Å². The van der Waals surface area contributed by atoms with Crippen molar-refractivity contribution in [2.75, 3.05) is 4.90 Å². The Balaban J connectivity index is 1.61. The summed E-state index contributed by atoms with van der Waals surface area (Å²) in [5, 5.41) is 10.5. The number of furan rings is 1. The van der Waals surface area contributed by atoms with Gasteiger partial charge in [0.05, 0.1) is 15.5 Å². The number of anilines is 1. The predicted octanol–water partition coefficient (Wildman–Crippen LogP) is 5.40. The van der Waals surface area contributed by atoms with Gasteiger partial charge in [-0.2, -0.15) is 0 Å². The van der Waals surface area contributed by atoms with E-state index in [0.717, 1.165) is 16.7 Å². The molecule has 0 aliphatic carbocycles. The molecule has 1 saturated heterocycles. The zero-order chi connectivity index (χ0) is 20.5. The smallest absolute Gasteiger partial charge is 0.298 e. The minimum Gasteiger partial charge on any atom is -0.457 e. The molecule has 3 aromatic rings. The molecule has 1 fully saturated rings. The molecule has 2 aromatic carbocycles. The van der Waals surface area contributed by atoms with E-state index in [0.29, 0.717) is 28.3 Å². The summed E-state index contributed by atoms with van der Waals surface area (Å²) in [6.07, 6.45) is 1.53. The van der Waals surface area contributed by atoms with Gasteiger partial charge in [-0.05, 0) is 54.6 Å². The van der Waals surface area contributed by atoms with Gasteiger partial charge in [0.2, 0.25) is 0 Å². The standard InChI is InChI=1S/C21H14N2O5S/c1-13-11-15(23(26)27)7-9-17(13)18-10-8-16(28-18)12-19-20(24)22(21(25)29-19)14-5-3-2-4-6-14/h2-12H,1H3. The third kappa shape index (κ3) is 3.57. The summed E-state index contributed by atoms with van der Waals surface area (Å²) < 4.78 is 5.80. The number of amides is 2. The molecule has 0 unspecified atom stereocenters. The summed E-state index contributed by atoms with van der Waals surface area (Å²) in [5.74, 6) is 0.526. The lowest BCUT2D eigenvalue weighted by Crippen LogP contribution is -2.27. The Labute approximate surface area is 169 Å². The van der Waals surface area contributed by atoms with Gasteiger partial charge in [0, 0.05) is 23.8 Å². The van der Waals surface area contributed by atoms with Crippen LogP contribution in [0.25, 0.3) is 17.4 Å². The lowest BCUT2D eigenvalue weighted by molar-refractivity contribution is -0.384. The van der Waals surface area contributed by atoms with Crippen molar-refractivity contribution < 1.29 is 18.9 Å². The average molecular weight is 406 g/mol. The molecule has 2 amide bonds. The average Bonchev–Trinajstić information content (AvgIpc) is 3.27. The SMILES string of the molecule is Cc1cc([N+](=O)[O-])ccc1-c1ccc(C=C2SC(=O)N(c3ccccc3)C2=O)o1. The van der Waals surface area contributed by atoms with E-state index in [-0.39, 0.29) is 15.8 Å². The monoisotopic (exact) mass is 406 g/mol. The van der Waals surface area contributed by atoms with Crippen LogP contribution in [0.4, 0.5) is 16.2 Å². The van der Waals surface area contributed by atoms with Crippen molar-refractivity contribution in [1.82, 2.24) is 0 Å². The Bertz CT molecular complexity index is 1170. The van der Waals surface area contributed by atoms with Crippen LogP contribution in [0, 0.1) is 17.0 Å². The Morgan fingerprint density at radius 2 is 1.83 bits per heavy atom. The van der Waals surface area contributed by atoms with Crippen LogP contribution in [0.3, 0.4) is 0 Å². The van der Waals surface area contributed by atoms with Gasteiger partial charge in [0.25, 0.3) is 16.8 Å². The normalized spacial score (nSPS) is 15.3. The number of para-hydroxylation sites is 1. The third-order valence-electron chi connectivity index (χ3n) is 4.39. The maximum Gasteiger partial charge on any atom is 0.298 e. The zero-order valence-electron chi connectivity index (χ0n) is 15.2. The number of nitro benzene ring substituents is 1. The molecule has 7 nitrogen and oxygen atoms in total. The lowest BCUT2D eigenvalue weighted by atomic mass is 10.1. The number of carbonyl (C=O) groups excluding carboxylic acids is 2. The van der Waals surface area contributed by atoms with E-state index in [2.05, 4.69) is 0 Å². The zero-order valence-corrected chi connectivity index (χ0v) is 16.0. The predicted molar refractivity (Wildman–Crippen MR) is 110 cm³/mol. The second-order valence-electron chi connectivity index (χ2n) is 6.31. The molecule has 0 atom stereocenters. The highest BCUT2D eigenvalue weighted by atomic mass is 32.2. The fraction of sp³-hybridized carbons (Fsp3) is 0.0476. The lowest BCUT2D eigenvalue weighted by Gasteiger charge is -2.11. The summed E-state index contributed by atoms with van der Waals surface area (Å²) in [6, 6.07) is 16.6. The topological polar surface area (TPSA) is 93.7 Å². The molecule has 1 aliphatic rings. The molecule has 0 radical (unpaired) electrons. The van der Waals surface area contributed by atoms with Gasteiger partial charge >= 0.3 is 0 Å². The van der Waals surface area contributed by atoms with Crippen molar-refractivity contribution in [1.29, 1.82) is 0 Å². The maximum absolute atomic E-state index is 12.7. The van der Waals surface area contributed by atoms with Crippen molar-refractivity contribution in [3.05, 3.63) is 87.0 Å². The van der Waals surface area contributed by atoms with E-state index in [1.807, 2.05) is 6.07 Å². The largest absolute Gasteiger partial charge is 0.457 e. The summed E-state index contributed by atoms with van der Waals surface area (Å²) in [4.78, 5) is 36.8. The number of hydrogen-bond acceptors (Lipinski definition) is 6. The quantitative estimate of drug-likeness (QED) is 0.327. The summed E-state index contributed by atoms with van der Waals surface area (Å²) >= 11 is 0.848. The first-order valence-electron chi connectivity index (χ1n) is 8.62. The highest BCUT2D eigenvalue weighted by molar-refractivity contribution is 8.19. The first-order chi connectivity index (χ1) is 13.9. The molecule has 0 saturated carbocycles. The number of thioether (sulfide) groups is 1. The van der Waals surface area contributed by atoms with Gasteiger partial charge in [0.15, 0.2) is 0 Å². The minimum absolute atomic E-state index is 0.00705. The number of nitrogens with zero attached hydrogens (tertiary/aromatic N) is 2. The Hall–Kier alpha value is -3.65. The van der Waals surface area contributed by atoms with Crippen LogP contribution in [-0.2, 0) is 4.79 Å². The highest BCUT2D eigenvalue weighted by Crippen LogP contribution is 2.36. The van der Waals surface area contributed by atoms with Crippen LogP contribution in [0.15, 0.2) is 70.0 Å². The number of benzene rings is 2. The molecule has 1 aliphatic heterocycles. The van der Waals surface area contributed by atoms with E-state index < -0.39 is 10.8 Å². The van der Waals surface area contributed by atoms with Crippen molar-refractivity contribution in [2.45, 2.75) is 6.92 Å². The molecule has 8 heteroatoms. The number of nitro groups is 1. The Morgan fingerprint density at radius 1 is 1.07 bits per heavy atom. The fourth-order valence-corrected chi connectivity index (χ4v) is 3.83. The summed E-state index contributed by atoms with van der Waals surface area (Å²) in [6.45, 7) is 1.76. The van der Waals surface area contributed by atoms with E-state index in [4.69, 9.17) is 4.42 Å². The second-order valence-corrected chi connectivity index (χ2v) is 7.30. The number of rotatable bonds is 4. The van der Waals surface area contributed by atoms with E-state index in [1.165, 1.54) is 18.2 Å². The number of non-ortho nitro benzene ring substituents is 1. The van der Waals surface area contributed by atoms with Gasteiger partial charge in [-0.25, -0.2) is 4.90 Å². The molecule has 2 heterocycles. The number of aryl methyl sites for hydroxylation is 1. The van der Waals surface area contributed by atoms with Crippen LogP contribution in [0.1, 0.15) is 11.3 Å². The highest BCUT2D eigenvalue weighted by Gasteiger charge is 2.36. The van der Waals surface area contributed by atoms with Gasteiger partial charge in [0.1, 0.15) is 11.5 Å². The molecule has 0 N–H and O–H groups in total. The number of imide groups is 1. The summed E-state index contributed by atoms with van der Waals surface area (Å²) in [5.41, 5.74) is 1.93. The van der Waals surface area contributed by atoms with Crippen LogP contribution < -0.4 is 4.90 Å². The Morgan fingerprint density at radius 3 is 2.52 bits per heavy atom. The fourth-order valence-electron chi connectivity index (χ4n) is 3.01. The van der Waals surface area contributed by atoms with E-state index in [9.17, 15) is 19.7 Å². The first kappa shape index (κ1) is 18.7. The number of carbonyl (C=O) groups is 2. The van der Waals surface area contributed by atoms with Gasteiger partial charge in [-0.15, -0.1) is 0 Å². The van der Waals surface area contributed by atoms with Crippen molar-refractivity contribution in [3.63, 3.8) is 0 Å². The van der Waals surface area contributed by atoms with Crippen molar-refractivity contribution >= 4 is 40.4 Å². The Kier molecular flexibility index (Phi) is 4.77. The van der Waals surface area contributed by atoms with Crippen LogP contribution in [-0.4, -0.2) is 16.1 Å². The van der Waals surface area contributed by atoms with E-state index in [1.54, 1.807) is 49.4 Å². The van der Waals surface area contributed by atoms with E-state index >= 15 is 0 Å². The molecular weight excluding hydrogens is 392 g/mol. The molecule has 1 aromatic heterocycles. The van der Waals surface area contributed by atoms with Gasteiger partial charge in [-0.3, -0.25) is 19.7 Å². The first-order valence-corrected chi connectivity index (χ1v) is 9.44. The molecule has 29 heavy (non-hydrogen) atoms. The maximum atomic E-state index is 12.7. The second kappa shape index (κ2) is 7.40. The summed E-state index contributed by atoms with van der Waals surface area (Å²) in [7, 11) is 0. The van der Waals surface area contributed by atoms with Crippen LogP contribution >= 0.6 is 11.8 Å². The van der Waals surface area contributed by atoms with Gasteiger partial charge < -0.3 is 4.42 Å². The number of hydrogen-bond donors (Lipinski definition) is 0. The molecule has 144 valence electrons. The third-order valence-corrected chi connectivity index (χ3v) is 5.26. The van der Waals surface area contributed by atoms with Gasteiger partial charge in [-0.1, -0.05) is 18.2 Å². The van der Waals surface area contributed by atoms with Crippen LogP contribution in [0.5, 0.6) is 0 Å². The van der Waals surface area contributed by atoms with Crippen LogP contribution in [0.2, 0.25) is 0 Å². The molecule has 0 bridgehead atoms.